The zero-order chi connectivity index (χ0) is 14.0. The van der Waals surface area contributed by atoms with Crippen LogP contribution < -0.4 is 0 Å². The Morgan fingerprint density at radius 2 is 1.74 bits per heavy atom. The van der Waals surface area contributed by atoms with Crippen LogP contribution in [0.25, 0.3) is 0 Å². The quantitative estimate of drug-likeness (QED) is 0.838. The lowest BCUT2D eigenvalue weighted by atomic mass is 10.0. The number of hydrogen-bond donors (Lipinski definition) is 1. The minimum atomic E-state index is -0.883. The van der Waals surface area contributed by atoms with Gasteiger partial charge in [-0.3, -0.25) is 0 Å². The van der Waals surface area contributed by atoms with Crippen LogP contribution >= 0.6 is 34.8 Å². The van der Waals surface area contributed by atoms with Gasteiger partial charge in [-0.05, 0) is 41.5 Å². The minimum absolute atomic E-state index is 0.247. The van der Waals surface area contributed by atoms with Crippen molar-refractivity contribution >= 4 is 34.8 Å². The van der Waals surface area contributed by atoms with Gasteiger partial charge in [0.1, 0.15) is 5.82 Å². The van der Waals surface area contributed by atoms with Gasteiger partial charge < -0.3 is 5.11 Å². The molecule has 2 aromatic carbocycles. The second-order valence-electron chi connectivity index (χ2n) is 4.16. The summed E-state index contributed by atoms with van der Waals surface area (Å²) < 4.78 is 13.2. The Balaban J connectivity index is 2.22. The van der Waals surface area contributed by atoms with Crippen LogP contribution in [0.4, 0.5) is 4.39 Å². The molecule has 2 aromatic rings. The van der Waals surface area contributed by atoms with E-state index in [1.165, 1.54) is 18.2 Å². The minimum Gasteiger partial charge on any atom is -0.388 e. The van der Waals surface area contributed by atoms with E-state index in [2.05, 4.69) is 0 Å². The summed E-state index contributed by atoms with van der Waals surface area (Å²) >= 11 is 17.6. The van der Waals surface area contributed by atoms with Crippen molar-refractivity contribution in [3.8, 4) is 0 Å². The smallest absolute Gasteiger partial charge is 0.125 e. The van der Waals surface area contributed by atoms with Gasteiger partial charge in [0.2, 0.25) is 0 Å². The molecular weight excluding hydrogens is 310 g/mol. The van der Waals surface area contributed by atoms with Crippen molar-refractivity contribution in [2.75, 3.05) is 0 Å². The fourth-order valence-corrected chi connectivity index (χ4v) is 2.50. The third-order valence-corrected chi connectivity index (χ3v) is 3.50. The maximum atomic E-state index is 13.2. The maximum absolute atomic E-state index is 13.2. The van der Waals surface area contributed by atoms with E-state index in [1.54, 1.807) is 18.2 Å². The fourth-order valence-electron chi connectivity index (χ4n) is 1.78. The molecule has 0 radical (unpaired) electrons. The molecule has 5 heteroatoms. The summed E-state index contributed by atoms with van der Waals surface area (Å²) in [7, 11) is 0. The Morgan fingerprint density at radius 3 is 2.37 bits per heavy atom. The van der Waals surface area contributed by atoms with Gasteiger partial charge in [0.05, 0.1) is 6.10 Å². The molecule has 0 bridgehead atoms. The van der Waals surface area contributed by atoms with Crippen LogP contribution in [-0.4, -0.2) is 5.11 Å². The van der Waals surface area contributed by atoms with Crippen molar-refractivity contribution < 1.29 is 9.50 Å². The number of rotatable bonds is 3. The van der Waals surface area contributed by atoms with Gasteiger partial charge in [-0.15, -0.1) is 0 Å². The molecule has 0 saturated heterocycles. The van der Waals surface area contributed by atoms with Crippen molar-refractivity contribution in [3.63, 3.8) is 0 Å². The lowest BCUT2D eigenvalue weighted by Crippen LogP contribution is -2.03. The Morgan fingerprint density at radius 1 is 1.00 bits per heavy atom. The van der Waals surface area contributed by atoms with E-state index in [4.69, 9.17) is 34.8 Å². The first-order chi connectivity index (χ1) is 8.95. The van der Waals surface area contributed by atoms with Gasteiger partial charge in [0.25, 0.3) is 0 Å². The molecule has 100 valence electrons. The number of halogens is 4. The third-order valence-electron chi connectivity index (χ3n) is 2.70. The molecule has 0 aliphatic carbocycles. The van der Waals surface area contributed by atoms with E-state index >= 15 is 0 Å². The lowest BCUT2D eigenvalue weighted by Gasteiger charge is -2.13. The largest absolute Gasteiger partial charge is 0.388 e. The lowest BCUT2D eigenvalue weighted by molar-refractivity contribution is 0.178. The van der Waals surface area contributed by atoms with Crippen LogP contribution in [0.15, 0.2) is 36.4 Å². The van der Waals surface area contributed by atoms with Crippen LogP contribution in [0.2, 0.25) is 15.1 Å². The summed E-state index contributed by atoms with van der Waals surface area (Å²) in [6.07, 6.45) is -0.623. The highest BCUT2D eigenvalue weighted by molar-refractivity contribution is 6.35. The Hall–Kier alpha value is -0.800. The number of hydrogen-bond acceptors (Lipinski definition) is 1. The Kier molecular flexibility index (Phi) is 4.69. The van der Waals surface area contributed by atoms with Crippen LogP contribution in [0.3, 0.4) is 0 Å². The van der Waals surface area contributed by atoms with Crippen LogP contribution in [-0.2, 0) is 6.42 Å². The Labute approximate surface area is 125 Å². The van der Waals surface area contributed by atoms with Crippen molar-refractivity contribution in [2.24, 2.45) is 0 Å². The molecule has 1 N–H and O–H groups in total. The summed E-state index contributed by atoms with van der Waals surface area (Å²) in [6.45, 7) is 0. The predicted octanol–water partition coefficient (Wildman–Crippen LogP) is 5.06. The van der Waals surface area contributed by atoms with Crippen LogP contribution in [0, 0.1) is 5.82 Å². The van der Waals surface area contributed by atoms with Gasteiger partial charge in [-0.25, -0.2) is 4.39 Å². The van der Waals surface area contributed by atoms with E-state index in [0.29, 0.717) is 15.6 Å². The molecule has 19 heavy (non-hydrogen) atoms. The Bertz CT molecular complexity index is 581. The first kappa shape index (κ1) is 14.6. The van der Waals surface area contributed by atoms with Crippen molar-refractivity contribution in [2.45, 2.75) is 12.5 Å². The molecule has 0 fully saturated rings. The number of aliphatic hydroxyl groups excluding tert-OH is 1. The summed E-state index contributed by atoms with van der Waals surface area (Å²) in [6, 6.07) is 8.99. The van der Waals surface area contributed by atoms with Crippen LogP contribution in [0.1, 0.15) is 17.2 Å². The van der Waals surface area contributed by atoms with E-state index in [0.717, 1.165) is 5.56 Å². The van der Waals surface area contributed by atoms with Gasteiger partial charge in [-0.1, -0.05) is 40.9 Å². The predicted molar refractivity (Wildman–Crippen MR) is 76.5 cm³/mol. The maximum Gasteiger partial charge on any atom is 0.125 e. The first-order valence-corrected chi connectivity index (χ1v) is 6.67. The molecule has 2 rings (SSSR count). The van der Waals surface area contributed by atoms with Gasteiger partial charge in [-0.2, -0.15) is 0 Å². The van der Waals surface area contributed by atoms with Gasteiger partial charge in [0, 0.05) is 21.5 Å². The highest BCUT2D eigenvalue weighted by Gasteiger charge is 2.13. The van der Waals surface area contributed by atoms with E-state index in [-0.39, 0.29) is 11.4 Å². The SMILES string of the molecule is OC(Cc1ccc(Cl)cc1Cl)c1cc(F)cc(Cl)c1. The number of aliphatic hydroxyl groups is 1. The molecule has 1 nitrogen and oxygen atoms in total. The van der Waals surface area contributed by atoms with Gasteiger partial charge in [0.15, 0.2) is 0 Å². The summed E-state index contributed by atoms with van der Waals surface area (Å²) in [5.41, 5.74) is 1.15. The zero-order valence-electron chi connectivity index (χ0n) is 9.71. The van der Waals surface area contributed by atoms with Crippen molar-refractivity contribution in [3.05, 3.63) is 68.4 Å². The van der Waals surface area contributed by atoms with Crippen LogP contribution in [0.5, 0.6) is 0 Å². The first-order valence-electron chi connectivity index (χ1n) is 5.53. The standard InChI is InChI=1S/C14H10Cl3FO/c15-10-2-1-8(13(17)7-10)5-14(19)9-3-11(16)6-12(18)4-9/h1-4,6-7,14,19H,5H2. The monoisotopic (exact) mass is 318 g/mol. The molecule has 0 amide bonds. The molecular formula is C14H10Cl3FO. The van der Waals surface area contributed by atoms with Gasteiger partial charge >= 0.3 is 0 Å². The normalized spacial score (nSPS) is 12.5. The zero-order valence-corrected chi connectivity index (χ0v) is 12.0. The second-order valence-corrected chi connectivity index (χ2v) is 5.44. The molecule has 0 aliphatic rings. The molecule has 1 unspecified atom stereocenters. The second kappa shape index (κ2) is 6.10. The third kappa shape index (κ3) is 3.83. The van der Waals surface area contributed by atoms with E-state index < -0.39 is 11.9 Å². The molecule has 0 aromatic heterocycles. The molecule has 0 saturated carbocycles. The van der Waals surface area contributed by atoms with Crippen molar-refractivity contribution in [1.29, 1.82) is 0 Å². The van der Waals surface area contributed by atoms with Crippen molar-refractivity contribution in [1.82, 2.24) is 0 Å². The summed E-state index contributed by atoms with van der Waals surface area (Å²) in [5, 5.41) is 11.3. The summed E-state index contributed by atoms with van der Waals surface area (Å²) in [5.74, 6) is -0.483. The molecule has 0 aliphatic heterocycles. The highest BCUT2D eigenvalue weighted by Crippen LogP contribution is 2.27. The average Bonchev–Trinajstić information content (AvgIpc) is 2.31. The molecule has 0 heterocycles. The highest BCUT2D eigenvalue weighted by atomic mass is 35.5. The number of benzene rings is 2. The summed E-state index contributed by atoms with van der Waals surface area (Å²) in [4.78, 5) is 0. The average molecular weight is 320 g/mol. The topological polar surface area (TPSA) is 20.2 Å². The van der Waals surface area contributed by atoms with E-state index in [1.807, 2.05) is 0 Å². The fraction of sp³-hybridized carbons (Fsp3) is 0.143. The molecule has 1 atom stereocenters. The molecule has 0 spiro atoms. The van der Waals surface area contributed by atoms with E-state index in [9.17, 15) is 9.50 Å².